The van der Waals surface area contributed by atoms with Gasteiger partial charge in [0.05, 0.1) is 25.0 Å². The maximum Gasteiger partial charge on any atom is 0.202 e. The molecule has 5 rings (SSSR count). The maximum absolute atomic E-state index is 9.64. The Labute approximate surface area is 192 Å². The first kappa shape index (κ1) is 20.6. The molecule has 0 saturated carbocycles. The van der Waals surface area contributed by atoms with Gasteiger partial charge < -0.3 is 25.2 Å². The van der Waals surface area contributed by atoms with Crippen LogP contribution in [-0.4, -0.2) is 62.9 Å². The molecule has 0 spiro atoms. The minimum Gasteiger partial charge on any atom is -0.508 e. The molecule has 0 bridgehead atoms. The van der Waals surface area contributed by atoms with E-state index in [0.717, 1.165) is 34.3 Å². The molecular formula is C24H26N8O. The van der Waals surface area contributed by atoms with Gasteiger partial charge in [-0.25, -0.2) is 4.98 Å². The van der Waals surface area contributed by atoms with Gasteiger partial charge in [-0.2, -0.15) is 0 Å². The molecule has 0 amide bonds. The number of imidazole rings is 1. The molecule has 2 aliphatic heterocycles. The third kappa shape index (κ3) is 4.25. The zero-order chi connectivity index (χ0) is 22.8. The number of hydrogen-bond donors (Lipinski definition) is 4. The van der Waals surface area contributed by atoms with Crippen LogP contribution in [0.15, 0.2) is 83.6 Å². The molecule has 1 aromatic heterocycles. The van der Waals surface area contributed by atoms with E-state index in [0.29, 0.717) is 32.0 Å². The quantitative estimate of drug-likeness (QED) is 0.438. The van der Waals surface area contributed by atoms with E-state index in [9.17, 15) is 5.11 Å². The van der Waals surface area contributed by atoms with E-state index in [1.807, 2.05) is 34.8 Å². The van der Waals surface area contributed by atoms with Crippen molar-refractivity contribution in [3.05, 3.63) is 84.2 Å². The van der Waals surface area contributed by atoms with Gasteiger partial charge in [0.2, 0.25) is 5.96 Å². The molecule has 3 aromatic rings. The highest BCUT2D eigenvalue weighted by Gasteiger charge is 2.33. The lowest BCUT2D eigenvalue weighted by molar-refractivity contribution is 0.454. The van der Waals surface area contributed by atoms with Crippen molar-refractivity contribution in [2.75, 3.05) is 32.0 Å². The van der Waals surface area contributed by atoms with Gasteiger partial charge in [-0.3, -0.25) is 15.3 Å². The Kier molecular flexibility index (Phi) is 5.43. The zero-order valence-corrected chi connectivity index (χ0v) is 18.4. The van der Waals surface area contributed by atoms with Crippen molar-refractivity contribution < 1.29 is 5.11 Å². The number of phenolic OH excluding ortho intramolecular Hbond substituents is 1. The average Bonchev–Trinajstić information content (AvgIpc) is 3.54. The number of amidine groups is 1. The highest BCUT2D eigenvalue weighted by molar-refractivity contribution is 6.11. The summed E-state index contributed by atoms with van der Waals surface area (Å²) >= 11 is 0. The van der Waals surface area contributed by atoms with Crippen LogP contribution in [0.1, 0.15) is 5.56 Å². The van der Waals surface area contributed by atoms with Crippen LogP contribution in [0.2, 0.25) is 0 Å². The Morgan fingerprint density at radius 1 is 1.12 bits per heavy atom. The number of likely N-dealkylation sites (N-methyl/N-ethyl adjacent to an activating group) is 1. The van der Waals surface area contributed by atoms with Crippen molar-refractivity contribution >= 4 is 17.5 Å². The minimum absolute atomic E-state index is 0.212. The number of aliphatic imine (C=N–C) groups is 1. The highest BCUT2D eigenvalue weighted by atomic mass is 16.3. The molecule has 2 aromatic carbocycles. The van der Waals surface area contributed by atoms with Crippen molar-refractivity contribution in [2.45, 2.75) is 6.54 Å². The number of guanidine groups is 1. The molecule has 0 unspecified atom stereocenters. The van der Waals surface area contributed by atoms with E-state index < -0.39 is 0 Å². The van der Waals surface area contributed by atoms with E-state index in [2.05, 4.69) is 49.8 Å². The predicted octanol–water partition coefficient (Wildman–Crippen LogP) is 2.59. The Hall–Kier alpha value is -4.27. The van der Waals surface area contributed by atoms with Crippen LogP contribution in [0.4, 0.5) is 5.69 Å². The van der Waals surface area contributed by atoms with Gasteiger partial charge in [-0.05, 0) is 42.0 Å². The van der Waals surface area contributed by atoms with Gasteiger partial charge in [0.15, 0.2) is 0 Å². The number of phenols is 1. The fourth-order valence-electron chi connectivity index (χ4n) is 4.02. The lowest BCUT2D eigenvalue weighted by Crippen LogP contribution is -2.51. The van der Waals surface area contributed by atoms with Crippen molar-refractivity contribution in [1.82, 2.24) is 24.7 Å². The van der Waals surface area contributed by atoms with Crippen LogP contribution >= 0.6 is 0 Å². The number of rotatable bonds is 6. The van der Waals surface area contributed by atoms with Crippen molar-refractivity contribution in [3.8, 4) is 11.4 Å². The number of aromatic nitrogens is 2. The molecule has 168 valence electrons. The average molecular weight is 443 g/mol. The normalized spacial score (nSPS) is 17.0. The first-order chi connectivity index (χ1) is 16.1. The van der Waals surface area contributed by atoms with Gasteiger partial charge >= 0.3 is 0 Å². The van der Waals surface area contributed by atoms with E-state index >= 15 is 0 Å². The fourth-order valence-corrected chi connectivity index (χ4v) is 4.02. The summed E-state index contributed by atoms with van der Waals surface area (Å²) in [5.41, 5.74) is 3.85. The van der Waals surface area contributed by atoms with Gasteiger partial charge in [0.25, 0.3) is 0 Å². The monoisotopic (exact) mass is 442 g/mol. The number of nitrogens with one attached hydrogen (secondary N) is 3. The van der Waals surface area contributed by atoms with E-state index in [1.54, 1.807) is 24.7 Å². The minimum atomic E-state index is 0.212. The van der Waals surface area contributed by atoms with Crippen LogP contribution in [0.3, 0.4) is 0 Å². The molecule has 33 heavy (non-hydrogen) atoms. The lowest BCUT2D eigenvalue weighted by atomic mass is 10.1. The van der Waals surface area contributed by atoms with Gasteiger partial charge in [-0.1, -0.05) is 12.1 Å². The van der Waals surface area contributed by atoms with Gasteiger partial charge in [-0.15, -0.1) is 0 Å². The molecule has 0 aliphatic carbocycles. The summed E-state index contributed by atoms with van der Waals surface area (Å²) in [5, 5.41) is 25.4. The second-order valence-corrected chi connectivity index (χ2v) is 8.05. The first-order valence-electron chi connectivity index (χ1n) is 10.8. The Morgan fingerprint density at radius 2 is 1.91 bits per heavy atom. The topological polar surface area (TPSA) is 105 Å². The van der Waals surface area contributed by atoms with Crippen LogP contribution in [0, 0.1) is 5.41 Å². The van der Waals surface area contributed by atoms with Crippen LogP contribution in [0.25, 0.3) is 5.69 Å². The van der Waals surface area contributed by atoms with Gasteiger partial charge in [0.1, 0.15) is 17.4 Å². The van der Waals surface area contributed by atoms with E-state index in [4.69, 9.17) is 5.41 Å². The summed E-state index contributed by atoms with van der Waals surface area (Å²) in [6.45, 7) is 2.57. The molecule has 1 saturated heterocycles. The van der Waals surface area contributed by atoms with Crippen molar-refractivity contribution in [3.63, 3.8) is 0 Å². The van der Waals surface area contributed by atoms with E-state index in [-0.39, 0.29) is 5.75 Å². The number of aromatic hydroxyl groups is 1. The smallest absolute Gasteiger partial charge is 0.202 e. The number of benzene rings is 2. The largest absolute Gasteiger partial charge is 0.508 e. The Morgan fingerprint density at radius 3 is 2.64 bits per heavy atom. The summed E-state index contributed by atoms with van der Waals surface area (Å²) in [4.78, 5) is 12.6. The second kappa shape index (κ2) is 8.70. The first-order valence-corrected chi connectivity index (χ1v) is 10.8. The van der Waals surface area contributed by atoms with Crippen molar-refractivity contribution in [2.24, 2.45) is 4.99 Å². The second-order valence-electron chi connectivity index (χ2n) is 8.05. The summed E-state index contributed by atoms with van der Waals surface area (Å²) < 4.78 is 1.96. The zero-order valence-electron chi connectivity index (χ0n) is 18.4. The van der Waals surface area contributed by atoms with Gasteiger partial charge in [0, 0.05) is 43.9 Å². The Balaban J connectivity index is 1.40. The summed E-state index contributed by atoms with van der Waals surface area (Å²) in [6.07, 6.45) is 5.45. The molecule has 4 N–H and O–H groups in total. The standard InChI is InChI=1S/C24H26N8O/c1-30-15-21(22(25)32-13-11-27-24(30)32)23(29-18-4-8-20(33)9-5-18)28-14-17-2-6-19(7-3-17)31-12-10-26-16-31/h2-10,12,16,25,28-29,33H,11,13-15H2,1H3/b23-21+,25-22?. The van der Waals surface area contributed by atoms with Crippen molar-refractivity contribution in [1.29, 1.82) is 5.41 Å². The highest BCUT2D eigenvalue weighted by Crippen LogP contribution is 2.22. The third-order valence-corrected chi connectivity index (χ3v) is 5.76. The Bertz CT molecular complexity index is 1200. The van der Waals surface area contributed by atoms with Crippen LogP contribution < -0.4 is 10.6 Å². The number of fused-ring (bicyclic) bond motifs is 1. The molecule has 9 nitrogen and oxygen atoms in total. The maximum atomic E-state index is 9.64. The third-order valence-electron chi connectivity index (χ3n) is 5.76. The fraction of sp³-hybridized carbons (Fsp3) is 0.208. The van der Waals surface area contributed by atoms with Crippen LogP contribution in [-0.2, 0) is 6.54 Å². The number of nitrogens with zero attached hydrogens (tertiary/aromatic N) is 5. The molecule has 3 heterocycles. The molecule has 0 atom stereocenters. The molecule has 1 fully saturated rings. The van der Waals surface area contributed by atoms with E-state index in [1.165, 1.54) is 0 Å². The molecular weight excluding hydrogens is 416 g/mol. The SMILES string of the molecule is CN1C/C(=C(/NCc2ccc(-n3ccnc3)cc2)Nc2ccc(O)cc2)C(=N)N2CCN=C12. The summed E-state index contributed by atoms with van der Waals surface area (Å²) in [5.74, 6) is 2.28. The lowest BCUT2D eigenvalue weighted by Gasteiger charge is -2.36. The number of hydrogen-bond acceptors (Lipinski definition) is 7. The molecule has 2 aliphatic rings. The summed E-state index contributed by atoms with van der Waals surface area (Å²) in [6, 6.07) is 15.2. The number of anilines is 1. The predicted molar refractivity (Wildman–Crippen MR) is 129 cm³/mol. The summed E-state index contributed by atoms with van der Waals surface area (Å²) in [7, 11) is 2.00. The molecule has 0 radical (unpaired) electrons. The molecule has 9 heteroatoms. The van der Waals surface area contributed by atoms with Crippen LogP contribution in [0.5, 0.6) is 5.75 Å².